The number of rotatable bonds is 20. The number of nitrogens with zero attached hydrogens (tertiary/aromatic N) is 6. The van der Waals surface area contributed by atoms with Gasteiger partial charge in [0.05, 0.1) is 61.3 Å². The van der Waals surface area contributed by atoms with Crippen LogP contribution in [0.3, 0.4) is 0 Å². The van der Waals surface area contributed by atoms with E-state index in [1.807, 2.05) is 72.3 Å². The van der Waals surface area contributed by atoms with Gasteiger partial charge in [0.1, 0.15) is 23.7 Å². The van der Waals surface area contributed by atoms with Crippen molar-refractivity contribution in [3.05, 3.63) is 96.3 Å². The summed E-state index contributed by atoms with van der Waals surface area (Å²) in [5.74, 6) is 8.67. The molecule has 6 aliphatic heterocycles. The van der Waals surface area contributed by atoms with Crippen molar-refractivity contribution >= 4 is 56.1 Å². The average molecular weight is 931 g/mol. The van der Waals surface area contributed by atoms with E-state index in [1.54, 1.807) is 14.2 Å². The Morgan fingerprint density at radius 3 is 1.48 bits per heavy atom. The van der Waals surface area contributed by atoms with Crippen molar-refractivity contribution in [1.29, 1.82) is 0 Å². The molecule has 0 saturated carbocycles. The Balaban J connectivity index is 1.01. The molecule has 66 heavy (non-hydrogen) atoms. The summed E-state index contributed by atoms with van der Waals surface area (Å²) < 4.78 is 26.2. The standard InChI is InChI=1S/C52H62N6O6S2/c1-61-37-7-9-45-43(29-37)39(11-17-53-45)49(47-27-33-13-19-57(47)31-35(33)15-23-65-25-21-59)63-51-41-5-3-4-6-42(41)52(56-55-51)64-50(40-12-18-54-46-10-8-38(62-2)30-44(40)46)48-28-34-14-20-58(48)32-36(34)16-24-66-26-22-60/h3-12,17-18,29-30,33-36,47-50,59-60H,13-16,19-28,31-32H2,1-2H3/t33-,34-,35-,36-,47-,48-,49+,50+/m0/s1. The van der Waals surface area contributed by atoms with Crippen LogP contribution in [0.1, 0.15) is 61.9 Å². The largest absolute Gasteiger partial charge is 0.497 e. The van der Waals surface area contributed by atoms with Crippen LogP contribution in [0.5, 0.6) is 23.3 Å². The third-order valence-corrected chi connectivity index (χ3v) is 17.0. The molecule has 4 bridgehead atoms. The Labute approximate surface area is 396 Å². The number of aliphatic hydroxyl groups is 2. The Kier molecular flexibility index (Phi) is 14.3. The van der Waals surface area contributed by atoms with E-state index in [1.165, 1.54) is 12.8 Å². The third-order valence-electron chi connectivity index (χ3n) is 15.0. The van der Waals surface area contributed by atoms with Crippen molar-refractivity contribution < 1.29 is 29.2 Å². The van der Waals surface area contributed by atoms with E-state index in [2.05, 4.69) is 46.2 Å². The van der Waals surface area contributed by atoms with Crippen molar-refractivity contribution in [2.75, 3.05) is 76.6 Å². The summed E-state index contributed by atoms with van der Waals surface area (Å²) >= 11 is 3.70. The van der Waals surface area contributed by atoms with Crippen LogP contribution < -0.4 is 18.9 Å². The lowest BCUT2D eigenvalue weighted by Gasteiger charge is -2.52. The fraction of sp³-hybridized carbons (Fsp3) is 0.500. The SMILES string of the molecule is COc1ccc2nccc([C@@H](Oc3nnc(O[C@H](c4ccnc5ccc(OC)cc45)[C@@H]4C[C@@H]5CCN4C[C@@H]5CCSCCO)c4ccccc34)[C@@H]3C[C@@H]4CCN3C[C@@H]4CCSCCO)c2c1. The van der Waals surface area contributed by atoms with Crippen LogP contribution in [0, 0.1) is 23.7 Å². The molecule has 3 aromatic heterocycles. The smallest absolute Gasteiger partial charge is 0.242 e. The number of benzene rings is 3. The van der Waals surface area contributed by atoms with E-state index in [-0.39, 0.29) is 37.5 Å². The first-order valence-corrected chi connectivity index (χ1v) is 26.1. The molecule has 0 aliphatic carbocycles. The molecule has 3 aromatic carbocycles. The quantitative estimate of drug-likeness (QED) is 0.0708. The number of fused-ring (bicyclic) bond motifs is 9. The molecular weight excluding hydrogens is 869 g/mol. The number of pyridine rings is 2. The molecule has 6 aliphatic rings. The minimum absolute atomic E-state index is 0.118. The van der Waals surface area contributed by atoms with Crippen molar-refractivity contribution in [3.63, 3.8) is 0 Å². The molecule has 2 unspecified atom stereocenters. The number of thioether (sulfide) groups is 2. The van der Waals surface area contributed by atoms with Crippen molar-refractivity contribution in [2.45, 2.75) is 62.8 Å². The maximum atomic E-state index is 9.39. The van der Waals surface area contributed by atoms with Gasteiger partial charge in [-0.2, -0.15) is 23.5 Å². The number of ether oxygens (including phenoxy) is 4. The molecule has 14 heteroatoms. The van der Waals surface area contributed by atoms with Crippen LogP contribution in [-0.4, -0.2) is 129 Å². The minimum Gasteiger partial charge on any atom is -0.497 e. The van der Waals surface area contributed by atoms with E-state index in [0.29, 0.717) is 35.4 Å². The second-order valence-corrected chi connectivity index (χ2v) is 20.9. The highest BCUT2D eigenvalue weighted by molar-refractivity contribution is 7.99. The number of methoxy groups -OCH3 is 2. The second kappa shape index (κ2) is 20.8. The fourth-order valence-corrected chi connectivity index (χ4v) is 13.3. The van der Waals surface area contributed by atoms with Gasteiger partial charge in [0, 0.05) is 58.9 Å². The van der Waals surface area contributed by atoms with Gasteiger partial charge in [-0.15, -0.1) is 10.2 Å². The van der Waals surface area contributed by atoms with E-state index in [9.17, 15) is 10.2 Å². The third kappa shape index (κ3) is 9.38. The average Bonchev–Trinajstić information content (AvgIpc) is 3.37. The summed E-state index contributed by atoms with van der Waals surface area (Å²) in [4.78, 5) is 14.8. The molecule has 0 spiro atoms. The molecule has 0 radical (unpaired) electrons. The van der Waals surface area contributed by atoms with Gasteiger partial charge in [-0.1, -0.05) is 12.1 Å². The first kappa shape index (κ1) is 45.3. The highest BCUT2D eigenvalue weighted by atomic mass is 32.2. The summed E-state index contributed by atoms with van der Waals surface area (Å²) in [6, 6.07) is 24.8. The van der Waals surface area contributed by atoms with E-state index in [0.717, 1.165) is 130 Å². The van der Waals surface area contributed by atoms with Crippen LogP contribution in [0.25, 0.3) is 32.6 Å². The van der Waals surface area contributed by atoms with E-state index >= 15 is 0 Å². The summed E-state index contributed by atoms with van der Waals surface area (Å²) in [7, 11) is 3.41. The number of hydrogen-bond acceptors (Lipinski definition) is 14. The first-order chi connectivity index (χ1) is 32.5. The monoisotopic (exact) mass is 930 g/mol. The maximum Gasteiger partial charge on any atom is 0.242 e. The van der Waals surface area contributed by atoms with Crippen LogP contribution >= 0.6 is 23.5 Å². The molecule has 12 nitrogen and oxygen atoms in total. The molecule has 6 fully saturated rings. The highest BCUT2D eigenvalue weighted by Crippen LogP contribution is 2.48. The summed E-state index contributed by atoms with van der Waals surface area (Å²) in [6.07, 6.45) is 9.80. The molecule has 10 atom stereocenters. The first-order valence-electron chi connectivity index (χ1n) is 23.8. The predicted molar refractivity (Wildman–Crippen MR) is 264 cm³/mol. The van der Waals surface area contributed by atoms with Crippen molar-refractivity contribution in [1.82, 2.24) is 30.0 Å². The van der Waals surface area contributed by atoms with Gasteiger partial charge in [-0.05, 0) is 147 Å². The lowest BCUT2D eigenvalue weighted by molar-refractivity contribution is -0.0502. The summed E-state index contributed by atoms with van der Waals surface area (Å²) in [5, 5.41) is 32.4. The Bertz CT molecular complexity index is 2430. The fourth-order valence-electron chi connectivity index (χ4n) is 11.7. The molecule has 2 N–H and O–H groups in total. The lowest BCUT2D eigenvalue weighted by Crippen LogP contribution is -2.56. The molecule has 0 amide bonds. The number of piperidine rings is 6. The van der Waals surface area contributed by atoms with Gasteiger partial charge in [0.25, 0.3) is 0 Å². The lowest BCUT2D eigenvalue weighted by atomic mass is 9.72. The van der Waals surface area contributed by atoms with Gasteiger partial charge in [0.2, 0.25) is 11.8 Å². The topological polar surface area (TPSA) is 135 Å². The molecule has 9 heterocycles. The number of aliphatic hydroxyl groups excluding tert-OH is 2. The minimum atomic E-state index is -0.355. The zero-order valence-corrected chi connectivity index (χ0v) is 39.7. The Hall–Kier alpha value is -4.44. The molecule has 6 aromatic rings. The zero-order valence-electron chi connectivity index (χ0n) is 38.0. The highest BCUT2D eigenvalue weighted by Gasteiger charge is 2.46. The van der Waals surface area contributed by atoms with E-state index in [4.69, 9.17) is 39.1 Å². The van der Waals surface area contributed by atoms with Gasteiger partial charge < -0.3 is 29.2 Å². The molecular formula is C52H62N6O6S2. The predicted octanol–water partition coefficient (Wildman–Crippen LogP) is 8.64. The number of aromatic nitrogens is 4. The van der Waals surface area contributed by atoms with Gasteiger partial charge >= 0.3 is 0 Å². The van der Waals surface area contributed by atoms with Gasteiger partial charge in [-0.25, -0.2) is 0 Å². The summed E-state index contributed by atoms with van der Waals surface area (Å²) in [6.45, 7) is 4.57. The Morgan fingerprint density at radius 2 is 1.08 bits per heavy atom. The molecule has 348 valence electrons. The van der Waals surface area contributed by atoms with E-state index < -0.39 is 0 Å². The number of hydrogen-bond donors (Lipinski definition) is 2. The van der Waals surface area contributed by atoms with Gasteiger partial charge in [-0.3, -0.25) is 19.8 Å². The van der Waals surface area contributed by atoms with Crippen LogP contribution in [0.2, 0.25) is 0 Å². The van der Waals surface area contributed by atoms with Crippen LogP contribution in [0.4, 0.5) is 0 Å². The normalized spacial score (nSPS) is 25.6. The second-order valence-electron chi connectivity index (χ2n) is 18.5. The molecule has 12 rings (SSSR count). The summed E-state index contributed by atoms with van der Waals surface area (Å²) in [5.41, 5.74) is 3.90. The Morgan fingerprint density at radius 1 is 0.606 bits per heavy atom. The van der Waals surface area contributed by atoms with Crippen molar-refractivity contribution in [2.24, 2.45) is 23.7 Å². The zero-order chi connectivity index (χ0) is 45.0. The van der Waals surface area contributed by atoms with Crippen LogP contribution in [0.15, 0.2) is 85.2 Å². The van der Waals surface area contributed by atoms with Crippen molar-refractivity contribution in [3.8, 4) is 23.3 Å². The maximum absolute atomic E-state index is 9.39. The van der Waals surface area contributed by atoms with Gasteiger partial charge in [0.15, 0.2) is 0 Å². The molecule has 6 saturated heterocycles. The van der Waals surface area contributed by atoms with Crippen LogP contribution in [-0.2, 0) is 0 Å².